The van der Waals surface area contributed by atoms with Crippen LogP contribution in [0, 0.1) is 0 Å². The molecule has 0 spiro atoms. The first kappa shape index (κ1) is 13.6. The second kappa shape index (κ2) is 6.38. The summed E-state index contributed by atoms with van der Waals surface area (Å²) < 4.78 is 10.8. The molecule has 0 fully saturated rings. The van der Waals surface area contributed by atoms with E-state index in [0.717, 1.165) is 29.3 Å². The lowest BCUT2D eigenvalue weighted by atomic mass is 10.1. The summed E-state index contributed by atoms with van der Waals surface area (Å²) >= 11 is 0. The Hall–Kier alpha value is -1.81. The van der Waals surface area contributed by atoms with Crippen LogP contribution in [0.4, 0.5) is 0 Å². The Morgan fingerprint density at radius 3 is 2.63 bits per heavy atom. The SMILES string of the molecule is CCOc1ccc(-c2cc(CNC(C)C)no2)cc1. The van der Waals surface area contributed by atoms with Crippen LogP contribution in [0.2, 0.25) is 0 Å². The standard InChI is InChI=1S/C15H20N2O2/c1-4-18-14-7-5-12(6-8-14)15-9-13(17-19-15)10-16-11(2)3/h5-9,11,16H,4,10H2,1-3H3. The molecule has 0 radical (unpaired) electrons. The number of hydrogen-bond donors (Lipinski definition) is 1. The molecular weight excluding hydrogens is 240 g/mol. The Balaban J connectivity index is 2.05. The summed E-state index contributed by atoms with van der Waals surface area (Å²) in [5.41, 5.74) is 1.92. The van der Waals surface area contributed by atoms with Gasteiger partial charge in [-0.25, -0.2) is 0 Å². The Bertz CT molecular complexity index is 503. The molecule has 2 rings (SSSR count). The third kappa shape index (κ3) is 3.83. The van der Waals surface area contributed by atoms with Gasteiger partial charge in [-0.05, 0) is 31.2 Å². The zero-order chi connectivity index (χ0) is 13.7. The number of rotatable bonds is 6. The molecule has 0 unspecified atom stereocenters. The monoisotopic (exact) mass is 260 g/mol. The van der Waals surface area contributed by atoms with Crippen LogP contribution >= 0.6 is 0 Å². The molecule has 1 heterocycles. The van der Waals surface area contributed by atoms with Gasteiger partial charge in [0, 0.05) is 24.2 Å². The maximum atomic E-state index is 5.41. The van der Waals surface area contributed by atoms with Crippen LogP contribution in [0.15, 0.2) is 34.9 Å². The summed E-state index contributed by atoms with van der Waals surface area (Å²) in [7, 11) is 0. The first-order valence-corrected chi connectivity index (χ1v) is 6.61. The fourth-order valence-corrected chi connectivity index (χ4v) is 1.72. The maximum absolute atomic E-state index is 5.41. The van der Waals surface area contributed by atoms with Gasteiger partial charge in [0.15, 0.2) is 5.76 Å². The molecule has 4 heteroatoms. The molecule has 0 saturated carbocycles. The van der Waals surface area contributed by atoms with Gasteiger partial charge in [0.2, 0.25) is 0 Å². The van der Waals surface area contributed by atoms with E-state index in [1.807, 2.05) is 37.3 Å². The van der Waals surface area contributed by atoms with E-state index in [-0.39, 0.29) is 0 Å². The van der Waals surface area contributed by atoms with Crippen LogP contribution in [0.3, 0.4) is 0 Å². The summed E-state index contributed by atoms with van der Waals surface area (Å²) in [5, 5.41) is 7.36. The summed E-state index contributed by atoms with van der Waals surface area (Å²) in [6.45, 7) is 7.57. The average Bonchev–Trinajstić information content (AvgIpc) is 2.86. The number of benzene rings is 1. The molecule has 4 nitrogen and oxygen atoms in total. The second-order valence-electron chi connectivity index (χ2n) is 4.68. The Morgan fingerprint density at radius 1 is 1.26 bits per heavy atom. The van der Waals surface area contributed by atoms with E-state index < -0.39 is 0 Å². The van der Waals surface area contributed by atoms with Crippen molar-refractivity contribution in [1.82, 2.24) is 10.5 Å². The molecule has 0 aliphatic carbocycles. The van der Waals surface area contributed by atoms with Gasteiger partial charge in [0.1, 0.15) is 5.75 Å². The predicted octanol–water partition coefficient (Wildman–Crippen LogP) is 3.24. The molecular formula is C15H20N2O2. The number of hydrogen-bond acceptors (Lipinski definition) is 4. The van der Waals surface area contributed by atoms with Gasteiger partial charge in [-0.3, -0.25) is 0 Å². The molecule has 2 aromatic rings. The number of nitrogens with zero attached hydrogens (tertiary/aromatic N) is 1. The third-order valence-corrected chi connectivity index (χ3v) is 2.70. The van der Waals surface area contributed by atoms with Gasteiger partial charge in [-0.1, -0.05) is 19.0 Å². The van der Waals surface area contributed by atoms with Crippen molar-refractivity contribution in [2.75, 3.05) is 6.61 Å². The molecule has 0 bridgehead atoms. The number of nitrogens with one attached hydrogen (secondary N) is 1. The topological polar surface area (TPSA) is 47.3 Å². The van der Waals surface area contributed by atoms with E-state index in [0.29, 0.717) is 12.6 Å². The van der Waals surface area contributed by atoms with Crippen molar-refractivity contribution in [2.45, 2.75) is 33.4 Å². The molecule has 0 atom stereocenters. The summed E-state index contributed by atoms with van der Waals surface area (Å²) in [6, 6.07) is 10.2. The third-order valence-electron chi connectivity index (χ3n) is 2.70. The van der Waals surface area contributed by atoms with E-state index in [4.69, 9.17) is 9.26 Å². The van der Waals surface area contributed by atoms with Crippen molar-refractivity contribution in [3.05, 3.63) is 36.0 Å². The smallest absolute Gasteiger partial charge is 0.167 e. The minimum Gasteiger partial charge on any atom is -0.494 e. The lowest BCUT2D eigenvalue weighted by Crippen LogP contribution is -2.21. The van der Waals surface area contributed by atoms with Gasteiger partial charge >= 0.3 is 0 Å². The van der Waals surface area contributed by atoms with Crippen molar-refractivity contribution in [3.8, 4) is 17.1 Å². The second-order valence-corrected chi connectivity index (χ2v) is 4.68. The van der Waals surface area contributed by atoms with E-state index in [1.165, 1.54) is 0 Å². The molecule has 0 amide bonds. The highest BCUT2D eigenvalue weighted by atomic mass is 16.5. The largest absolute Gasteiger partial charge is 0.494 e. The highest BCUT2D eigenvalue weighted by Crippen LogP contribution is 2.23. The zero-order valence-electron chi connectivity index (χ0n) is 11.6. The molecule has 0 aliphatic rings. The van der Waals surface area contributed by atoms with Crippen molar-refractivity contribution in [2.24, 2.45) is 0 Å². The number of ether oxygens (including phenoxy) is 1. The highest BCUT2D eigenvalue weighted by Gasteiger charge is 2.07. The lowest BCUT2D eigenvalue weighted by molar-refractivity contribution is 0.340. The van der Waals surface area contributed by atoms with Gasteiger partial charge in [0.25, 0.3) is 0 Å². The van der Waals surface area contributed by atoms with E-state index in [1.54, 1.807) is 0 Å². The van der Waals surface area contributed by atoms with Gasteiger partial charge in [0.05, 0.1) is 12.3 Å². The zero-order valence-corrected chi connectivity index (χ0v) is 11.6. The molecule has 0 aliphatic heterocycles. The molecule has 1 aromatic heterocycles. The van der Waals surface area contributed by atoms with Crippen molar-refractivity contribution < 1.29 is 9.26 Å². The highest BCUT2D eigenvalue weighted by molar-refractivity contribution is 5.58. The molecule has 102 valence electrons. The quantitative estimate of drug-likeness (QED) is 0.866. The van der Waals surface area contributed by atoms with Crippen LogP contribution in [0.1, 0.15) is 26.5 Å². The summed E-state index contributed by atoms with van der Waals surface area (Å²) in [4.78, 5) is 0. The van der Waals surface area contributed by atoms with E-state index in [2.05, 4.69) is 24.3 Å². The predicted molar refractivity (Wildman–Crippen MR) is 75.1 cm³/mol. The van der Waals surface area contributed by atoms with Crippen LogP contribution < -0.4 is 10.1 Å². The fourth-order valence-electron chi connectivity index (χ4n) is 1.72. The van der Waals surface area contributed by atoms with Gasteiger partial charge < -0.3 is 14.6 Å². The fraction of sp³-hybridized carbons (Fsp3) is 0.400. The van der Waals surface area contributed by atoms with Gasteiger partial charge in [-0.2, -0.15) is 0 Å². The van der Waals surface area contributed by atoms with E-state index >= 15 is 0 Å². The van der Waals surface area contributed by atoms with Crippen LogP contribution in [-0.2, 0) is 6.54 Å². The minimum atomic E-state index is 0.436. The number of aromatic nitrogens is 1. The Morgan fingerprint density at radius 2 is 2.00 bits per heavy atom. The molecule has 0 saturated heterocycles. The first-order chi connectivity index (χ1) is 9.19. The molecule has 1 aromatic carbocycles. The van der Waals surface area contributed by atoms with Crippen LogP contribution in [0.5, 0.6) is 5.75 Å². The van der Waals surface area contributed by atoms with Crippen LogP contribution in [0.25, 0.3) is 11.3 Å². The summed E-state index contributed by atoms with van der Waals surface area (Å²) in [6.07, 6.45) is 0. The lowest BCUT2D eigenvalue weighted by Gasteiger charge is -2.04. The Kier molecular flexibility index (Phi) is 4.58. The van der Waals surface area contributed by atoms with Crippen molar-refractivity contribution in [3.63, 3.8) is 0 Å². The minimum absolute atomic E-state index is 0.436. The normalized spacial score (nSPS) is 10.9. The maximum Gasteiger partial charge on any atom is 0.167 e. The van der Waals surface area contributed by atoms with Crippen LogP contribution in [-0.4, -0.2) is 17.8 Å². The average molecular weight is 260 g/mol. The Labute approximate surface area is 113 Å². The van der Waals surface area contributed by atoms with Crippen molar-refractivity contribution >= 4 is 0 Å². The first-order valence-electron chi connectivity index (χ1n) is 6.61. The molecule has 19 heavy (non-hydrogen) atoms. The van der Waals surface area contributed by atoms with Gasteiger partial charge in [-0.15, -0.1) is 0 Å². The summed E-state index contributed by atoms with van der Waals surface area (Å²) in [5.74, 6) is 1.65. The van der Waals surface area contributed by atoms with Crippen molar-refractivity contribution in [1.29, 1.82) is 0 Å². The molecule has 1 N–H and O–H groups in total. The van der Waals surface area contributed by atoms with E-state index in [9.17, 15) is 0 Å².